The van der Waals surface area contributed by atoms with Crippen molar-refractivity contribution in [2.75, 3.05) is 0 Å². The van der Waals surface area contributed by atoms with Gasteiger partial charge in [0.25, 0.3) is 0 Å². The number of amides is 1. The van der Waals surface area contributed by atoms with Crippen LogP contribution in [0.1, 0.15) is 12.0 Å². The SMILES string of the molecule is C=CC[C@@H]1N(Cc2ccccc2)C(=O)[C@H]2[C@@H](C(=O)O)[C@H]3C=C[C@@]12O3. The highest BCUT2D eigenvalue weighted by Gasteiger charge is 2.70. The van der Waals surface area contributed by atoms with Gasteiger partial charge < -0.3 is 14.7 Å². The van der Waals surface area contributed by atoms with Crippen LogP contribution in [0.3, 0.4) is 0 Å². The topological polar surface area (TPSA) is 66.8 Å². The number of rotatable bonds is 5. The van der Waals surface area contributed by atoms with E-state index in [1.54, 1.807) is 17.1 Å². The summed E-state index contributed by atoms with van der Waals surface area (Å²) in [5.74, 6) is -2.57. The van der Waals surface area contributed by atoms with Gasteiger partial charge in [-0.05, 0) is 12.0 Å². The Kier molecular flexibility index (Phi) is 3.35. The first-order valence-corrected chi connectivity index (χ1v) is 8.14. The Bertz CT molecular complexity index is 728. The fraction of sp³-hybridized carbons (Fsp3) is 0.368. The van der Waals surface area contributed by atoms with Gasteiger partial charge in [0.15, 0.2) is 0 Å². The maximum Gasteiger partial charge on any atom is 0.310 e. The van der Waals surface area contributed by atoms with Gasteiger partial charge in [0, 0.05) is 6.54 Å². The predicted octanol–water partition coefficient (Wildman–Crippen LogP) is 2.00. The molecule has 1 spiro atoms. The third-order valence-corrected chi connectivity index (χ3v) is 5.40. The Labute approximate surface area is 140 Å². The van der Waals surface area contributed by atoms with Crippen LogP contribution in [0, 0.1) is 11.8 Å². The molecule has 0 unspecified atom stereocenters. The van der Waals surface area contributed by atoms with Crippen LogP contribution in [-0.4, -0.2) is 39.6 Å². The van der Waals surface area contributed by atoms with Crippen molar-refractivity contribution in [2.45, 2.75) is 30.7 Å². The average molecular weight is 325 g/mol. The van der Waals surface area contributed by atoms with E-state index in [0.717, 1.165) is 5.56 Å². The highest BCUT2D eigenvalue weighted by atomic mass is 16.5. The molecular weight excluding hydrogens is 306 g/mol. The molecule has 5 nitrogen and oxygen atoms in total. The van der Waals surface area contributed by atoms with Gasteiger partial charge in [-0.15, -0.1) is 6.58 Å². The Hall–Kier alpha value is -2.40. The van der Waals surface area contributed by atoms with Gasteiger partial charge in [-0.1, -0.05) is 48.6 Å². The Morgan fingerprint density at radius 2 is 2.12 bits per heavy atom. The van der Waals surface area contributed by atoms with Gasteiger partial charge in [0.1, 0.15) is 11.5 Å². The number of likely N-dealkylation sites (tertiary alicyclic amines) is 1. The van der Waals surface area contributed by atoms with Crippen LogP contribution in [0.15, 0.2) is 55.1 Å². The van der Waals surface area contributed by atoms with Crippen molar-refractivity contribution in [2.24, 2.45) is 11.8 Å². The first kappa shape index (κ1) is 15.1. The maximum absolute atomic E-state index is 13.1. The quantitative estimate of drug-likeness (QED) is 0.841. The van der Waals surface area contributed by atoms with Crippen molar-refractivity contribution in [3.63, 3.8) is 0 Å². The second-order valence-electron chi connectivity index (χ2n) is 6.63. The number of carboxylic acid groups (broad SMARTS) is 1. The number of carbonyl (C=O) groups excluding carboxylic acids is 1. The molecular formula is C19H19NO4. The van der Waals surface area contributed by atoms with Gasteiger partial charge in [-0.2, -0.15) is 0 Å². The molecule has 3 aliphatic rings. The lowest BCUT2D eigenvalue weighted by atomic mass is 9.74. The molecule has 124 valence electrons. The van der Waals surface area contributed by atoms with E-state index in [0.29, 0.717) is 13.0 Å². The number of hydrogen-bond donors (Lipinski definition) is 1. The summed E-state index contributed by atoms with van der Waals surface area (Å²) in [7, 11) is 0. The molecule has 2 fully saturated rings. The van der Waals surface area contributed by atoms with Crippen LogP contribution in [0.4, 0.5) is 0 Å². The fourth-order valence-electron chi connectivity index (χ4n) is 4.44. The summed E-state index contributed by atoms with van der Waals surface area (Å²) in [5.41, 5.74) is 0.176. The first-order chi connectivity index (χ1) is 11.6. The molecule has 4 rings (SSSR count). The molecule has 2 bridgehead atoms. The summed E-state index contributed by atoms with van der Waals surface area (Å²) in [4.78, 5) is 26.6. The fourth-order valence-corrected chi connectivity index (χ4v) is 4.44. The molecule has 2 saturated heterocycles. The van der Waals surface area contributed by atoms with E-state index in [9.17, 15) is 14.7 Å². The van der Waals surface area contributed by atoms with Crippen LogP contribution in [0.2, 0.25) is 0 Å². The number of hydrogen-bond acceptors (Lipinski definition) is 3. The van der Waals surface area contributed by atoms with E-state index in [1.165, 1.54) is 0 Å². The maximum atomic E-state index is 13.1. The smallest absolute Gasteiger partial charge is 0.310 e. The number of nitrogens with zero attached hydrogens (tertiary/aromatic N) is 1. The Morgan fingerprint density at radius 3 is 2.79 bits per heavy atom. The second kappa shape index (κ2) is 5.31. The van der Waals surface area contributed by atoms with E-state index in [-0.39, 0.29) is 11.9 Å². The zero-order valence-electron chi connectivity index (χ0n) is 13.2. The molecule has 0 saturated carbocycles. The van der Waals surface area contributed by atoms with E-state index >= 15 is 0 Å². The molecule has 0 aromatic heterocycles. The Balaban J connectivity index is 1.73. The standard InChI is InChI=1S/C19H19NO4/c1-2-6-14-19-10-9-13(24-19)15(18(22)23)16(19)17(21)20(14)11-12-7-4-3-5-8-12/h2-5,7-10,13-16H,1,6,11H2,(H,22,23)/t13-,14+,15+,16-,19-/m1/s1. The average Bonchev–Trinajstić information content (AvgIpc) is 3.20. The summed E-state index contributed by atoms with van der Waals surface area (Å²) in [5, 5.41) is 9.58. The van der Waals surface area contributed by atoms with Crippen LogP contribution in [0.5, 0.6) is 0 Å². The predicted molar refractivity (Wildman–Crippen MR) is 87.0 cm³/mol. The van der Waals surface area contributed by atoms with Crippen molar-refractivity contribution in [3.8, 4) is 0 Å². The molecule has 1 aromatic rings. The molecule has 0 radical (unpaired) electrons. The van der Waals surface area contributed by atoms with Gasteiger partial charge in [0.2, 0.25) is 5.91 Å². The van der Waals surface area contributed by atoms with Gasteiger partial charge in [0.05, 0.1) is 18.1 Å². The summed E-state index contributed by atoms with van der Waals surface area (Å²) < 4.78 is 6.06. The van der Waals surface area contributed by atoms with Crippen molar-refractivity contribution in [3.05, 3.63) is 60.7 Å². The second-order valence-corrected chi connectivity index (χ2v) is 6.63. The summed E-state index contributed by atoms with van der Waals surface area (Å²) in [6, 6.07) is 9.50. The highest BCUT2D eigenvalue weighted by molar-refractivity contribution is 5.91. The third kappa shape index (κ3) is 1.91. The molecule has 3 heterocycles. The van der Waals surface area contributed by atoms with E-state index in [2.05, 4.69) is 6.58 Å². The molecule has 1 aromatic carbocycles. The van der Waals surface area contributed by atoms with Crippen LogP contribution in [0.25, 0.3) is 0 Å². The van der Waals surface area contributed by atoms with Crippen molar-refractivity contribution < 1.29 is 19.4 Å². The number of ether oxygens (including phenoxy) is 1. The largest absolute Gasteiger partial charge is 0.481 e. The van der Waals surface area contributed by atoms with Crippen molar-refractivity contribution in [1.29, 1.82) is 0 Å². The molecule has 0 aliphatic carbocycles. The lowest BCUT2D eigenvalue weighted by Crippen LogP contribution is -2.44. The lowest BCUT2D eigenvalue weighted by molar-refractivity contribution is -0.148. The normalized spacial score (nSPS) is 36.2. The van der Waals surface area contributed by atoms with Crippen LogP contribution >= 0.6 is 0 Å². The zero-order chi connectivity index (χ0) is 16.9. The minimum Gasteiger partial charge on any atom is -0.481 e. The lowest BCUT2D eigenvalue weighted by Gasteiger charge is -2.32. The van der Waals surface area contributed by atoms with E-state index < -0.39 is 29.5 Å². The van der Waals surface area contributed by atoms with Crippen molar-refractivity contribution >= 4 is 11.9 Å². The summed E-state index contributed by atoms with van der Waals surface area (Å²) >= 11 is 0. The number of aliphatic carboxylic acids is 1. The molecule has 5 heteroatoms. The van der Waals surface area contributed by atoms with Crippen LogP contribution in [-0.2, 0) is 20.9 Å². The van der Waals surface area contributed by atoms with Crippen molar-refractivity contribution in [1.82, 2.24) is 4.90 Å². The minimum absolute atomic E-state index is 0.134. The summed E-state index contributed by atoms with van der Waals surface area (Å²) in [6.45, 7) is 4.25. The summed E-state index contributed by atoms with van der Waals surface area (Å²) in [6.07, 6.45) is 5.52. The number of benzene rings is 1. The Morgan fingerprint density at radius 1 is 1.38 bits per heavy atom. The van der Waals surface area contributed by atoms with Crippen LogP contribution < -0.4 is 0 Å². The molecule has 5 atom stereocenters. The molecule has 3 aliphatic heterocycles. The van der Waals surface area contributed by atoms with Gasteiger partial charge >= 0.3 is 5.97 Å². The van der Waals surface area contributed by atoms with Gasteiger partial charge in [-0.3, -0.25) is 9.59 Å². The zero-order valence-corrected chi connectivity index (χ0v) is 13.2. The third-order valence-electron chi connectivity index (χ3n) is 5.40. The molecule has 1 N–H and O–H groups in total. The monoisotopic (exact) mass is 325 g/mol. The number of carbonyl (C=O) groups is 2. The first-order valence-electron chi connectivity index (χ1n) is 8.14. The van der Waals surface area contributed by atoms with E-state index in [4.69, 9.17) is 4.74 Å². The highest BCUT2D eigenvalue weighted by Crippen LogP contribution is 2.55. The number of carboxylic acids is 1. The molecule has 1 amide bonds. The molecule has 24 heavy (non-hydrogen) atoms. The van der Waals surface area contributed by atoms with Gasteiger partial charge in [-0.25, -0.2) is 0 Å². The minimum atomic E-state index is -0.969. The van der Waals surface area contributed by atoms with E-state index in [1.807, 2.05) is 36.4 Å². The number of fused-ring (bicyclic) bond motifs is 1.